The van der Waals surface area contributed by atoms with E-state index < -0.39 is 21.0 Å². The highest BCUT2D eigenvalue weighted by molar-refractivity contribution is 7.89. The Morgan fingerprint density at radius 2 is 1.81 bits per heavy atom. The Hall–Kier alpha value is -2.51. The number of benzene rings is 1. The number of sulfonamides is 1. The van der Waals surface area contributed by atoms with Gasteiger partial charge >= 0.3 is 0 Å². The van der Waals surface area contributed by atoms with Crippen LogP contribution in [0.3, 0.4) is 0 Å². The summed E-state index contributed by atoms with van der Waals surface area (Å²) < 4.78 is 24.6. The first-order valence-electron chi connectivity index (χ1n) is 10.5. The standard InChI is InChI=1S/C24H28N2O4S/c1-15-7-9-18(10-8-15)31(29,30)26-25-13-5-6-19-16(2)14-20-21(19)17(3)24(11-12-24)23(4,28)22(20)27/h7-10,13-14,26,28H,5-6,11-12H2,1-4H3/b25-13-/t23-/m0/s1. The lowest BCUT2D eigenvalue weighted by Crippen LogP contribution is -2.49. The Labute approximate surface area is 183 Å². The maximum atomic E-state index is 13.0. The van der Waals surface area contributed by atoms with Crippen LogP contribution in [0.25, 0.3) is 0 Å². The van der Waals surface area contributed by atoms with Gasteiger partial charge in [0.25, 0.3) is 10.0 Å². The molecule has 0 aromatic heterocycles. The van der Waals surface area contributed by atoms with E-state index in [1.54, 1.807) is 37.4 Å². The van der Waals surface area contributed by atoms with E-state index in [-0.39, 0.29) is 10.7 Å². The Morgan fingerprint density at radius 1 is 1.16 bits per heavy atom. The molecule has 6 nitrogen and oxygen atoms in total. The number of nitrogens with one attached hydrogen (secondary N) is 1. The molecule has 1 aromatic carbocycles. The van der Waals surface area contributed by atoms with Crippen molar-refractivity contribution < 1.29 is 18.3 Å². The van der Waals surface area contributed by atoms with E-state index in [0.717, 1.165) is 40.7 Å². The number of hydrogen-bond acceptors (Lipinski definition) is 5. The lowest BCUT2D eigenvalue weighted by atomic mass is 9.67. The van der Waals surface area contributed by atoms with Gasteiger partial charge in [0.15, 0.2) is 5.78 Å². The Kier molecular flexibility index (Phi) is 5.10. The van der Waals surface area contributed by atoms with Crippen molar-refractivity contribution in [2.24, 2.45) is 10.5 Å². The fraction of sp³-hybridized carbons (Fsp3) is 0.417. The van der Waals surface area contributed by atoms with E-state index in [1.165, 1.54) is 0 Å². The second-order valence-corrected chi connectivity index (χ2v) is 10.6. The molecule has 1 fully saturated rings. The molecule has 3 aliphatic rings. The summed E-state index contributed by atoms with van der Waals surface area (Å²) >= 11 is 0. The van der Waals surface area contributed by atoms with E-state index in [1.807, 2.05) is 26.8 Å². The summed E-state index contributed by atoms with van der Waals surface area (Å²) in [6.45, 7) is 7.54. The van der Waals surface area contributed by atoms with Crippen molar-refractivity contribution in [3.8, 4) is 0 Å². The maximum absolute atomic E-state index is 13.0. The highest BCUT2D eigenvalue weighted by Gasteiger charge is 2.64. The number of hydrazone groups is 1. The molecule has 0 aliphatic heterocycles. The van der Waals surface area contributed by atoms with Gasteiger partial charge in [-0.05, 0) is 88.3 Å². The van der Waals surface area contributed by atoms with Gasteiger partial charge in [0.2, 0.25) is 0 Å². The van der Waals surface area contributed by atoms with Crippen LogP contribution in [0, 0.1) is 12.3 Å². The zero-order valence-electron chi connectivity index (χ0n) is 18.3. The number of rotatable bonds is 6. The first-order valence-corrected chi connectivity index (χ1v) is 12.0. The van der Waals surface area contributed by atoms with Crippen LogP contribution in [-0.4, -0.2) is 31.1 Å². The number of hydrogen-bond donors (Lipinski definition) is 2. The second-order valence-electron chi connectivity index (χ2n) is 8.96. The summed E-state index contributed by atoms with van der Waals surface area (Å²) in [6.07, 6.45) is 6.23. The zero-order valence-corrected chi connectivity index (χ0v) is 19.1. The molecule has 31 heavy (non-hydrogen) atoms. The van der Waals surface area contributed by atoms with E-state index >= 15 is 0 Å². The van der Waals surface area contributed by atoms with E-state index in [2.05, 4.69) is 9.93 Å². The van der Waals surface area contributed by atoms with Crippen LogP contribution in [0.2, 0.25) is 0 Å². The van der Waals surface area contributed by atoms with Crippen LogP contribution in [0.4, 0.5) is 0 Å². The smallest absolute Gasteiger partial charge is 0.276 e. The van der Waals surface area contributed by atoms with E-state index in [4.69, 9.17) is 0 Å². The van der Waals surface area contributed by atoms with Crippen LogP contribution in [0.15, 0.2) is 68.2 Å². The predicted molar refractivity (Wildman–Crippen MR) is 120 cm³/mol. The number of carbonyl (C=O) groups excluding carboxylic acids is 1. The third-order valence-corrected chi connectivity index (χ3v) is 8.23. The van der Waals surface area contributed by atoms with E-state index in [9.17, 15) is 18.3 Å². The number of aliphatic hydroxyl groups is 1. The van der Waals surface area contributed by atoms with Gasteiger partial charge in [-0.25, -0.2) is 4.83 Å². The summed E-state index contributed by atoms with van der Waals surface area (Å²) in [4.78, 5) is 15.4. The van der Waals surface area contributed by atoms with Crippen LogP contribution >= 0.6 is 0 Å². The summed E-state index contributed by atoms with van der Waals surface area (Å²) in [7, 11) is -3.69. The minimum absolute atomic E-state index is 0.168. The topological polar surface area (TPSA) is 95.8 Å². The Morgan fingerprint density at radius 3 is 2.42 bits per heavy atom. The monoisotopic (exact) mass is 440 g/mol. The van der Waals surface area contributed by atoms with Crippen molar-refractivity contribution in [3.05, 3.63) is 63.8 Å². The van der Waals surface area contributed by atoms with Crippen molar-refractivity contribution in [2.45, 2.75) is 63.9 Å². The molecule has 2 N–H and O–H groups in total. The molecule has 0 heterocycles. The van der Waals surface area contributed by atoms with Gasteiger partial charge in [0.1, 0.15) is 5.60 Å². The molecule has 1 atom stereocenters. The van der Waals surface area contributed by atoms with Gasteiger partial charge in [-0.1, -0.05) is 23.3 Å². The number of ketones is 1. The van der Waals surface area contributed by atoms with Crippen molar-refractivity contribution >= 4 is 22.0 Å². The quantitative estimate of drug-likeness (QED) is 0.520. The molecule has 0 radical (unpaired) electrons. The largest absolute Gasteiger partial charge is 0.381 e. The fourth-order valence-electron chi connectivity index (χ4n) is 4.89. The fourth-order valence-corrected chi connectivity index (χ4v) is 5.70. The van der Waals surface area contributed by atoms with Crippen molar-refractivity contribution in [1.82, 2.24) is 4.83 Å². The van der Waals surface area contributed by atoms with Gasteiger partial charge in [-0.15, -0.1) is 0 Å². The summed E-state index contributed by atoms with van der Waals surface area (Å²) in [5, 5.41) is 14.8. The SMILES string of the molecule is CC1=C(CC/C=N\NS(=O)(=O)c2ccc(C)cc2)C2=C(C)C3(CC3)[C@@](C)(O)C(=O)C2=C1. The molecule has 0 saturated heterocycles. The van der Waals surface area contributed by atoms with Gasteiger partial charge in [-0.2, -0.15) is 13.5 Å². The number of aryl methyl sites for hydroxylation is 1. The van der Waals surface area contributed by atoms with Gasteiger partial charge in [-0.3, -0.25) is 4.79 Å². The molecule has 7 heteroatoms. The van der Waals surface area contributed by atoms with Crippen molar-refractivity contribution in [1.29, 1.82) is 0 Å². The third-order valence-electron chi connectivity index (χ3n) is 6.99. The van der Waals surface area contributed by atoms with Crippen LogP contribution in [-0.2, 0) is 14.8 Å². The highest BCUT2D eigenvalue weighted by Crippen LogP contribution is 2.65. The molecule has 4 rings (SSSR count). The number of Topliss-reactive ketones (excluding diaryl/α,β-unsaturated/α-hetero) is 1. The number of nitrogens with zero attached hydrogens (tertiary/aromatic N) is 1. The molecular weight excluding hydrogens is 412 g/mol. The van der Waals surface area contributed by atoms with Crippen LogP contribution in [0.1, 0.15) is 52.0 Å². The minimum Gasteiger partial charge on any atom is -0.381 e. The molecule has 0 unspecified atom stereocenters. The van der Waals surface area contributed by atoms with Crippen molar-refractivity contribution in [3.63, 3.8) is 0 Å². The third kappa shape index (κ3) is 3.40. The number of allylic oxidation sites excluding steroid dienone is 4. The highest BCUT2D eigenvalue weighted by atomic mass is 32.2. The molecule has 1 spiro atoms. The first-order chi connectivity index (χ1) is 14.5. The summed E-state index contributed by atoms with van der Waals surface area (Å²) in [5.41, 5.74) is 3.95. The molecule has 1 aromatic rings. The normalized spacial score (nSPS) is 24.8. The zero-order chi connectivity index (χ0) is 22.6. The first kappa shape index (κ1) is 21.7. The molecule has 1 saturated carbocycles. The van der Waals surface area contributed by atoms with Gasteiger partial charge in [0, 0.05) is 17.2 Å². The number of carbonyl (C=O) groups is 1. The average Bonchev–Trinajstić information content (AvgIpc) is 3.46. The molecule has 3 aliphatic carbocycles. The van der Waals surface area contributed by atoms with Crippen LogP contribution < -0.4 is 4.83 Å². The van der Waals surface area contributed by atoms with E-state index in [0.29, 0.717) is 18.4 Å². The number of fused-ring (bicyclic) bond motifs is 1. The average molecular weight is 441 g/mol. The lowest BCUT2D eigenvalue weighted by molar-refractivity contribution is -0.137. The lowest BCUT2D eigenvalue weighted by Gasteiger charge is -2.39. The second kappa shape index (κ2) is 7.28. The van der Waals surface area contributed by atoms with Gasteiger partial charge in [0.05, 0.1) is 4.90 Å². The van der Waals surface area contributed by atoms with Crippen molar-refractivity contribution in [2.75, 3.05) is 0 Å². The molecule has 0 amide bonds. The predicted octanol–water partition coefficient (Wildman–Crippen LogP) is 3.73. The molecule has 164 valence electrons. The van der Waals surface area contributed by atoms with Crippen LogP contribution in [0.5, 0.6) is 0 Å². The Bertz CT molecular complexity index is 1180. The van der Waals surface area contributed by atoms with Gasteiger partial charge < -0.3 is 5.11 Å². The molecular formula is C24H28N2O4S. The minimum atomic E-state index is -3.69. The summed E-state index contributed by atoms with van der Waals surface area (Å²) in [6, 6.07) is 6.57. The Balaban J connectivity index is 1.46. The maximum Gasteiger partial charge on any atom is 0.276 e. The molecule has 0 bridgehead atoms. The summed E-state index contributed by atoms with van der Waals surface area (Å²) in [5.74, 6) is -0.195.